The minimum atomic E-state index is -0.548. The number of nitrogens with one attached hydrogen (secondary N) is 3. The number of fused-ring (bicyclic) bond motifs is 1. The lowest BCUT2D eigenvalue weighted by atomic mass is 10.1. The Balaban J connectivity index is 1.96. The first-order valence-electron chi connectivity index (χ1n) is 8.60. The van der Waals surface area contributed by atoms with Gasteiger partial charge in [0.25, 0.3) is 17.4 Å². The highest BCUT2D eigenvalue weighted by molar-refractivity contribution is 6.14. The van der Waals surface area contributed by atoms with E-state index in [9.17, 15) is 14.4 Å². The fourth-order valence-electron chi connectivity index (χ4n) is 2.71. The molecule has 0 spiro atoms. The summed E-state index contributed by atoms with van der Waals surface area (Å²) in [5.74, 6) is -0.560. The first-order chi connectivity index (χ1) is 12.9. The topological polar surface area (TPSA) is 117 Å². The molecule has 0 bridgehead atoms. The molecule has 0 unspecified atom stereocenters. The molecule has 3 aromatic rings. The van der Waals surface area contributed by atoms with Crippen molar-refractivity contribution >= 4 is 28.6 Å². The number of aromatic nitrogens is 2. The van der Waals surface area contributed by atoms with Crippen molar-refractivity contribution < 1.29 is 14.0 Å². The normalized spacial score (nSPS) is 12.0. The Morgan fingerprint density at radius 1 is 1.26 bits per heavy atom. The van der Waals surface area contributed by atoms with E-state index in [-0.39, 0.29) is 34.4 Å². The quantitative estimate of drug-likeness (QED) is 0.640. The lowest BCUT2D eigenvalue weighted by Crippen LogP contribution is -2.32. The van der Waals surface area contributed by atoms with Crippen LogP contribution in [0.3, 0.4) is 0 Å². The van der Waals surface area contributed by atoms with Gasteiger partial charge in [-0.15, -0.1) is 0 Å². The molecule has 0 aliphatic carbocycles. The molecule has 0 aliphatic rings. The number of anilines is 1. The van der Waals surface area contributed by atoms with Crippen molar-refractivity contribution in [2.45, 2.75) is 33.2 Å². The summed E-state index contributed by atoms with van der Waals surface area (Å²) >= 11 is 0. The van der Waals surface area contributed by atoms with Gasteiger partial charge in [0.05, 0.1) is 23.1 Å². The molecule has 2 heterocycles. The Morgan fingerprint density at radius 3 is 2.74 bits per heavy atom. The zero-order valence-corrected chi connectivity index (χ0v) is 15.3. The molecule has 2 amide bonds. The highest BCUT2D eigenvalue weighted by Gasteiger charge is 2.23. The third kappa shape index (κ3) is 3.59. The number of carbonyl (C=O) groups is 2. The number of nitrogens with zero attached hydrogens (tertiary/aromatic N) is 1. The standard InChI is InChI=1S/C19H20N4O4/c1-4-10(2)22-16(24)12-7-5-6-8-13(12)23-18(26)14-11(3)27-19-15(14)17(25)20-9-21-19/h5-10H,4H2,1-3H3,(H,22,24)(H,23,26)(H,20,21,25)/t10-/m0/s1. The number of amides is 2. The van der Waals surface area contributed by atoms with Crippen molar-refractivity contribution in [3.63, 3.8) is 0 Å². The lowest BCUT2D eigenvalue weighted by molar-refractivity contribution is 0.0940. The summed E-state index contributed by atoms with van der Waals surface area (Å²) in [6.45, 7) is 5.45. The van der Waals surface area contributed by atoms with E-state index in [4.69, 9.17) is 4.42 Å². The fraction of sp³-hybridized carbons (Fsp3) is 0.263. The van der Waals surface area contributed by atoms with Gasteiger partial charge in [0.15, 0.2) is 0 Å². The summed E-state index contributed by atoms with van der Waals surface area (Å²) in [4.78, 5) is 43.8. The van der Waals surface area contributed by atoms with Gasteiger partial charge in [-0.25, -0.2) is 4.98 Å². The molecule has 8 nitrogen and oxygen atoms in total. The van der Waals surface area contributed by atoms with E-state index in [0.717, 1.165) is 6.42 Å². The summed E-state index contributed by atoms with van der Waals surface area (Å²) in [5, 5.41) is 5.65. The van der Waals surface area contributed by atoms with Gasteiger partial charge < -0.3 is 20.0 Å². The molecule has 1 atom stereocenters. The van der Waals surface area contributed by atoms with Gasteiger partial charge in [-0.05, 0) is 32.4 Å². The maximum atomic E-state index is 12.8. The lowest BCUT2D eigenvalue weighted by Gasteiger charge is -2.14. The second kappa shape index (κ2) is 7.45. The van der Waals surface area contributed by atoms with Gasteiger partial charge in [-0.2, -0.15) is 0 Å². The van der Waals surface area contributed by atoms with Crippen LogP contribution in [0.2, 0.25) is 0 Å². The summed E-state index contributed by atoms with van der Waals surface area (Å²) in [6.07, 6.45) is 2.00. The Morgan fingerprint density at radius 2 is 2.00 bits per heavy atom. The van der Waals surface area contributed by atoms with Crippen molar-refractivity contribution in [1.29, 1.82) is 0 Å². The molecule has 0 aliphatic heterocycles. The number of aryl methyl sites for hydroxylation is 1. The van der Waals surface area contributed by atoms with E-state index in [0.29, 0.717) is 11.3 Å². The molecule has 0 radical (unpaired) electrons. The Kier molecular flexibility index (Phi) is 5.07. The van der Waals surface area contributed by atoms with Gasteiger partial charge in [0, 0.05) is 6.04 Å². The number of aromatic amines is 1. The van der Waals surface area contributed by atoms with Gasteiger partial charge in [-0.3, -0.25) is 14.4 Å². The zero-order valence-electron chi connectivity index (χ0n) is 15.3. The average Bonchev–Trinajstić information content (AvgIpc) is 2.99. The predicted molar refractivity (Wildman–Crippen MR) is 101 cm³/mol. The molecule has 2 aromatic heterocycles. The molecular formula is C19H20N4O4. The first kappa shape index (κ1) is 18.4. The molecule has 0 fully saturated rings. The predicted octanol–water partition coefficient (Wildman–Crippen LogP) is 2.61. The summed E-state index contributed by atoms with van der Waals surface area (Å²) in [5.41, 5.74) is 0.395. The fourth-order valence-corrected chi connectivity index (χ4v) is 2.71. The number of H-pyrrole nitrogens is 1. The molecule has 140 valence electrons. The van der Waals surface area contributed by atoms with Crippen LogP contribution in [0.5, 0.6) is 0 Å². The number of para-hydroxylation sites is 1. The van der Waals surface area contributed by atoms with Crippen LogP contribution in [-0.2, 0) is 0 Å². The van der Waals surface area contributed by atoms with Crippen LogP contribution in [0.25, 0.3) is 11.1 Å². The van der Waals surface area contributed by atoms with E-state index < -0.39 is 11.5 Å². The molecule has 27 heavy (non-hydrogen) atoms. The maximum Gasteiger partial charge on any atom is 0.262 e. The second-order valence-corrected chi connectivity index (χ2v) is 6.23. The molecule has 8 heteroatoms. The molecule has 3 rings (SSSR count). The van der Waals surface area contributed by atoms with Gasteiger partial charge in [0.1, 0.15) is 11.1 Å². The van der Waals surface area contributed by atoms with E-state index in [1.807, 2.05) is 13.8 Å². The number of benzene rings is 1. The molecule has 0 saturated heterocycles. The van der Waals surface area contributed by atoms with Gasteiger partial charge in [0.2, 0.25) is 5.71 Å². The number of hydrogen-bond donors (Lipinski definition) is 3. The molecular weight excluding hydrogens is 348 g/mol. The summed E-state index contributed by atoms with van der Waals surface area (Å²) < 4.78 is 5.41. The van der Waals surface area contributed by atoms with Crippen molar-refractivity contribution in [3.05, 3.63) is 57.8 Å². The number of hydrogen-bond acceptors (Lipinski definition) is 5. The Bertz CT molecular complexity index is 1070. The maximum absolute atomic E-state index is 12.8. The average molecular weight is 368 g/mol. The summed E-state index contributed by atoms with van der Waals surface area (Å²) in [6, 6.07) is 6.69. The van der Waals surface area contributed by atoms with Crippen LogP contribution in [0.4, 0.5) is 5.69 Å². The number of furan rings is 1. The Labute approximate surface area is 155 Å². The molecule has 3 N–H and O–H groups in total. The van der Waals surface area contributed by atoms with Crippen molar-refractivity contribution in [2.75, 3.05) is 5.32 Å². The minimum Gasteiger partial charge on any atom is -0.442 e. The van der Waals surface area contributed by atoms with Crippen molar-refractivity contribution in [2.24, 2.45) is 0 Å². The minimum absolute atomic E-state index is 0.00551. The second-order valence-electron chi connectivity index (χ2n) is 6.23. The first-order valence-corrected chi connectivity index (χ1v) is 8.60. The van der Waals surface area contributed by atoms with Crippen molar-refractivity contribution in [3.8, 4) is 0 Å². The molecule has 1 aromatic carbocycles. The smallest absolute Gasteiger partial charge is 0.262 e. The summed E-state index contributed by atoms with van der Waals surface area (Å²) in [7, 11) is 0. The van der Waals surface area contributed by atoms with Gasteiger partial charge in [-0.1, -0.05) is 19.1 Å². The number of carbonyl (C=O) groups excluding carboxylic acids is 2. The molecule has 0 saturated carbocycles. The van der Waals surface area contributed by atoms with Crippen molar-refractivity contribution in [1.82, 2.24) is 15.3 Å². The number of rotatable bonds is 5. The highest BCUT2D eigenvalue weighted by atomic mass is 16.3. The van der Waals surface area contributed by atoms with Crippen LogP contribution in [-0.4, -0.2) is 27.8 Å². The Hall–Kier alpha value is -3.42. The van der Waals surface area contributed by atoms with Gasteiger partial charge >= 0.3 is 0 Å². The SMILES string of the molecule is CC[C@H](C)NC(=O)c1ccccc1NC(=O)c1c(C)oc2nc[nH]c(=O)c12. The van der Waals surface area contributed by atoms with E-state index >= 15 is 0 Å². The van der Waals surface area contributed by atoms with Crippen LogP contribution >= 0.6 is 0 Å². The van der Waals surface area contributed by atoms with Crippen LogP contribution in [0, 0.1) is 6.92 Å². The third-order valence-electron chi connectivity index (χ3n) is 4.31. The third-order valence-corrected chi connectivity index (χ3v) is 4.31. The van der Waals surface area contributed by atoms with Crippen LogP contribution in [0.15, 0.2) is 39.8 Å². The van der Waals surface area contributed by atoms with E-state index in [1.165, 1.54) is 6.33 Å². The van der Waals surface area contributed by atoms with E-state index in [1.54, 1.807) is 31.2 Å². The van der Waals surface area contributed by atoms with E-state index in [2.05, 4.69) is 20.6 Å². The zero-order chi connectivity index (χ0) is 19.6. The monoisotopic (exact) mass is 368 g/mol. The largest absolute Gasteiger partial charge is 0.442 e. The highest BCUT2D eigenvalue weighted by Crippen LogP contribution is 2.23. The van der Waals surface area contributed by atoms with Crippen LogP contribution < -0.4 is 16.2 Å². The van der Waals surface area contributed by atoms with Crippen LogP contribution in [0.1, 0.15) is 46.7 Å².